The maximum atomic E-state index is 13.6. The highest BCUT2D eigenvalue weighted by molar-refractivity contribution is 5.78. The van der Waals surface area contributed by atoms with Crippen LogP contribution >= 0.6 is 0 Å². The quantitative estimate of drug-likeness (QED) is 0.888. The summed E-state index contributed by atoms with van der Waals surface area (Å²) in [6.45, 7) is 1.93. The van der Waals surface area contributed by atoms with Gasteiger partial charge >= 0.3 is 0 Å². The van der Waals surface area contributed by atoms with Crippen molar-refractivity contribution < 1.29 is 13.6 Å². The summed E-state index contributed by atoms with van der Waals surface area (Å²) in [5, 5.41) is 2.87. The lowest BCUT2D eigenvalue weighted by atomic mass is 10.1. The molecule has 1 unspecified atom stereocenters. The molecule has 1 N–H and O–H groups in total. The molecule has 5 heteroatoms. The molecule has 3 nitrogen and oxygen atoms in total. The Labute approximate surface area is 111 Å². The highest BCUT2D eigenvalue weighted by Gasteiger charge is 2.25. The van der Waals surface area contributed by atoms with Gasteiger partial charge < -0.3 is 5.32 Å². The van der Waals surface area contributed by atoms with Crippen molar-refractivity contribution >= 4 is 5.91 Å². The Morgan fingerprint density at radius 2 is 2.16 bits per heavy atom. The largest absolute Gasteiger partial charge is 0.352 e. The summed E-state index contributed by atoms with van der Waals surface area (Å²) in [6, 6.07) is 3.32. The third-order valence-corrected chi connectivity index (χ3v) is 3.40. The number of likely N-dealkylation sites (N-methyl/N-ethyl adjacent to an activating group) is 1. The number of nitrogens with one attached hydrogen (secondary N) is 1. The van der Waals surface area contributed by atoms with Gasteiger partial charge in [0.2, 0.25) is 5.91 Å². The van der Waals surface area contributed by atoms with Crippen molar-refractivity contribution in [1.82, 2.24) is 10.2 Å². The fourth-order valence-electron chi connectivity index (χ4n) is 1.94. The summed E-state index contributed by atoms with van der Waals surface area (Å²) < 4.78 is 26.8. The van der Waals surface area contributed by atoms with Gasteiger partial charge in [0, 0.05) is 17.6 Å². The monoisotopic (exact) mass is 268 g/mol. The minimum absolute atomic E-state index is 0.0753. The lowest BCUT2D eigenvalue weighted by molar-refractivity contribution is -0.122. The molecule has 0 aromatic heterocycles. The van der Waals surface area contributed by atoms with E-state index in [2.05, 4.69) is 5.32 Å². The fourth-order valence-corrected chi connectivity index (χ4v) is 1.94. The van der Waals surface area contributed by atoms with Crippen LogP contribution in [-0.4, -0.2) is 30.4 Å². The van der Waals surface area contributed by atoms with Gasteiger partial charge in [0.15, 0.2) is 0 Å². The molecule has 19 heavy (non-hydrogen) atoms. The maximum absolute atomic E-state index is 13.6. The number of nitrogens with zero attached hydrogens (tertiary/aromatic N) is 1. The molecular formula is C14H18F2N2O. The molecule has 1 aromatic rings. The van der Waals surface area contributed by atoms with Crippen LogP contribution in [0.15, 0.2) is 18.2 Å². The third-order valence-electron chi connectivity index (χ3n) is 3.40. The zero-order valence-corrected chi connectivity index (χ0v) is 11.1. The van der Waals surface area contributed by atoms with Gasteiger partial charge in [0.1, 0.15) is 11.6 Å². The number of hydrogen-bond acceptors (Lipinski definition) is 2. The molecule has 0 spiro atoms. The number of hydrogen-bond donors (Lipinski definition) is 1. The van der Waals surface area contributed by atoms with E-state index in [0.717, 1.165) is 25.0 Å². The zero-order chi connectivity index (χ0) is 14.0. The first-order valence-electron chi connectivity index (χ1n) is 6.42. The number of rotatable bonds is 5. The molecule has 104 valence electrons. The fraction of sp³-hybridized carbons (Fsp3) is 0.500. The predicted octanol–water partition coefficient (Wildman–Crippen LogP) is 2.24. The van der Waals surface area contributed by atoms with Crippen LogP contribution in [-0.2, 0) is 4.79 Å². The minimum Gasteiger partial charge on any atom is -0.352 e. The van der Waals surface area contributed by atoms with Gasteiger partial charge in [-0.25, -0.2) is 8.78 Å². The Morgan fingerprint density at radius 1 is 1.47 bits per heavy atom. The summed E-state index contributed by atoms with van der Waals surface area (Å²) in [5.74, 6) is -1.00. The van der Waals surface area contributed by atoms with E-state index in [9.17, 15) is 13.6 Å². The average molecular weight is 268 g/mol. The first kappa shape index (κ1) is 13.9. The zero-order valence-electron chi connectivity index (χ0n) is 11.1. The van der Waals surface area contributed by atoms with Crippen LogP contribution < -0.4 is 5.32 Å². The van der Waals surface area contributed by atoms with Gasteiger partial charge in [-0.2, -0.15) is 0 Å². The molecule has 1 aliphatic rings. The van der Waals surface area contributed by atoms with Gasteiger partial charge in [-0.05, 0) is 45.0 Å². The second-order valence-electron chi connectivity index (χ2n) is 5.10. The van der Waals surface area contributed by atoms with Crippen molar-refractivity contribution in [3.63, 3.8) is 0 Å². The summed E-state index contributed by atoms with van der Waals surface area (Å²) in [5.41, 5.74) is 0.265. The van der Waals surface area contributed by atoms with Gasteiger partial charge in [0.05, 0.1) is 6.54 Å². The lowest BCUT2D eigenvalue weighted by Gasteiger charge is -2.24. The van der Waals surface area contributed by atoms with Crippen LogP contribution in [0.1, 0.15) is 31.4 Å². The molecule has 1 amide bonds. The van der Waals surface area contributed by atoms with Crippen LogP contribution in [0, 0.1) is 11.6 Å². The number of amides is 1. The Balaban J connectivity index is 1.98. The van der Waals surface area contributed by atoms with E-state index in [0.29, 0.717) is 6.04 Å². The van der Waals surface area contributed by atoms with Crippen LogP contribution in [0.4, 0.5) is 8.78 Å². The predicted molar refractivity (Wildman–Crippen MR) is 68.6 cm³/mol. The molecule has 0 bridgehead atoms. The van der Waals surface area contributed by atoms with Crippen molar-refractivity contribution in [2.45, 2.75) is 31.8 Å². The molecule has 2 rings (SSSR count). The average Bonchev–Trinajstić information content (AvgIpc) is 3.15. The van der Waals surface area contributed by atoms with Crippen LogP contribution in [0.2, 0.25) is 0 Å². The molecule has 1 atom stereocenters. The molecule has 0 saturated heterocycles. The van der Waals surface area contributed by atoms with Crippen LogP contribution in [0.25, 0.3) is 0 Å². The number of benzene rings is 1. The third kappa shape index (κ3) is 3.73. The van der Waals surface area contributed by atoms with Crippen LogP contribution in [0.3, 0.4) is 0 Å². The molecule has 0 aliphatic heterocycles. The second kappa shape index (κ2) is 5.65. The number of carbonyl (C=O) groups is 1. The first-order valence-corrected chi connectivity index (χ1v) is 6.42. The van der Waals surface area contributed by atoms with E-state index in [-0.39, 0.29) is 24.1 Å². The first-order chi connectivity index (χ1) is 8.97. The number of carbonyl (C=O) groups excluding carboxylic acids is 1. The minimum atomic E-state index is -0.473. The lowest BCUT2D eigenvalue weighted by Crippen LogP contribution is -2.37. The maximum Gasteiger partial charge on any atom is 0.234 e. The van der Waals surface area contributed by atoms with Crippen molar-refractivity contribution in [2.75, 3.05) is 13.6 Å². The molecule has 0 radical (unpaired) electrons. The smallest absolute Gasteiger partial charge is 0.234 e. The summed E-state index contributed by atoms with van der Waals surface area (Å²) in [7, 11) is 1.72. The molecule has 1 aromatic carbocycles. The Morgan fingerprint density at radius 3 is 2.79 bits per heavy atom. The van der Waals surface area contributed by atoms with E-state index < -0.39 is 11.6 Å². The Bertz CT molecular complexity index is 475. The van der Waals surface area contributed by atoms with Gasteiger partial charge in [-0.1, -0.05) is 0 Å². The Kier molecular flexibility index (Phi) is 4.14. The van der Waals surface area contributed by atoms with E-state index in [1.807, 2.05) is 0 Å². The SMILES string of the molecule is CC(c1cc(F)ccc1F)N(C)CC(=O)NC1CC1. The second-order valence-corrected chi connectivity index (χ2v) is 5.10. The van der Waals surface area contributed by atoms with Gasteiger partial charge in [-0.3, -0.25) is 9.69 Å². The standard InChI is InChI=1S/C14H18F2N2O/c1-9(12-7-10(15)3-6-13(12)16)18(2)8-14(19)17-11-4-5-11/h3,6-7,9,11H,4-5,8H2,1-2H3,(H,17,19). The highest BCUT2D eigenvalue weighted by atomic mass is 19.1. The molecule has 0 heterocycles. The molecule has 1 fully saturated rings. The highest BCUT2D eigenvalue weighted by Crippen LogP contribution is 2.23. The van der Waals surface area contributed by atoms with Gasteiger partial charge in [-0.15, -0.1) is 0 Å². The van der Waals surface area contributed by atoms with Crippen molar-refractivity contribution in [3.05, 3.63) is 35.4 Å². The van der Waals surface area contributed by atoms with E-state index in [1.54, 1.807) is 18.9 Å². The van der Waals surface area contributed by atoms with Crippen molar-refractivity contribution in [3.8, 4) is 0 Å². The normalized spacial score (nSPS) is 16.5. The summed E-state index contributed by atoms with van der Waals surface area (Å²) in [4.78, 5) is 13.4. The number of halogens is 2. The summed E-state index contributed by atoms with van der Waals surface area (Å²) >= 11 is 0. The van der Waals surface area contributed by atoms with E-state index in [4.69, 9.17) is 0 Å². The molecule has 1 saturated carbocycles. The van der Waals surface area contributed by atoms with Gasteiger partial charge in [0.25, 0.3) is 0 Å². The molecular weight excluding hydrogens is 250 g/mol. The summed E-state index contributed by atoms with van der Waals surface area (Å²) in [6.07, 6.45) is 2.06. The molecule has 1 aliphatic carbocycles. The van der Waals surface area contributed by atoms with Crippen molar-refractivity contribution in [1.29, 1.82) is 0 Å². The van der Waals surface area contributed by atoms with Crippen LogP contribution in [0.5, 0.6) is 0 Å². The topological polar surface area (TPSA) is 32.3 Å². The van der Waals surface area contributed by atoms with E-state index >= 15 is 0 Å². The Hall–Kier alpha value is -1.49. The van der Waals surface area contributed by atoms with E-state index in [1.165, 1.54) is 6.07 Å². The van der Waals surface area contributed by atoms with Crippen molar-refractivity contribution in [2.24, 2.45) is 0 Å².